The molecule has 0 saturated carbocycles. The van der Waals surface area contributed by atoms with E-state index in [2.05, 4.69) is 5.92 Å². The summed E-state index contributed by atoms with van der Waals surface area (Å²) in [6.07, 6.45) is 6.03. The predicted molar refractivity (Wildman–Crippen MR) is 67.9 cm³/mol. The van der Waals surface area contributed by atoms with Gasteiger partial charge < -0.3 is 4.74 Å². The first-order valence-corrected chi connectivity index (χ1v) is 5.53. The summed E-state index contributed by atoms with van der Waals surface area (Å²) in [7, 11) is 0. The summed E-state index contributed by atoms with van der Waals surface area (Å²) in [5.74, 6) is 2.40. The van der Waals surface area contributed by atoms with Gasteiger partial charge in [0.1, 0.15) is 11.6 Å². The number of hydrogen-bond donors (Lipinski definition) is 0. The van der Waals surface area contributed by atoms with E-state index in [4.69, 9.17) is 11.2 Å². The third-order valence-corrected chi connectivity index (χ3v) is 2.83. The first-order valence-electron chi connectivity index (χ1n) is 5.53. The molecule has 90 valence electrons. The summed E-state index contributed by atoms with van der Waals surface area (Å²) in [5.41, 5.74) is 1.11. The number of benzene rings is 2. The Balaban J connectivity index is 2.83. The molecule has 0 aromatic heterocycles. The fourth-order valence-electron chi connectivity index (χ4n) is 2.04. The number of rotatable bonds is 3. The number of ether oxygens (including phenoxy) is 1. The van der Waals surface area contributed by atoms with Crippen LogP contribution in [0.5, 0.6) is 5.75 Å². The van der Waals surface area contributed by atoms with Crippen LogP contribution in [0, 0.1) is 18.2 Å². The van der Waals surface area contributed by atoms with Crippen LogP contribution in [0.3, 0.4) is 0 Å². The molecule has 18 heavy (non-hydrogen) atoms. The maximum Gasteiger partial charge on any atom is 0.298 e. The van der Waals surface area contributed by atoms with Crippen molar-refractivity contribution in [2.75, 3.05) is 0 Å². The van der Waals surface area contributed by atoms with Crippen LogP contribution in [0.15, 0.2) is 24.3 Å². The minimum atomic E-state index is -0.413. The number of halogens is 1. The highest BCUT2D eigenvalue weighted by Gasteiger charge is 2.11. The van der Waals surface area contributed by atoms with Crippen LogP contribution in [-0.2, 0) is 11.2 Å². The maximum atomic E-state index is 13.7. The van der Waals surface area contributed by atoms with Gasteiger partial charge in [0.15, 0.2) is 0 Å². The van der Waals surface area contributed by atoms with E-state index < -0.39 is 5.82 Å². The van der Waals surface area contributed by atoms with Crippen LogP contribution in [0.2, 0.25) is 0 Å². The Labute approximate surface area is 104 Å². The molecule has 0 aliphatic rings. The molecule has 0 heterocycles. The molecule has 0 aliphatic heterocycles. The molecule has 0 spiro atoms. The Hall–Kier alpha value is -2.34. The molecule has 2 aromatic carbocycles. The van der Waals surface area contributed by atoms with Crippen LogP contribution in [-0.4, -0.2) is 6.47 Å². The first kappa shape index (κ1) is 12.1. The molecule has 0 saturated heterocycles. The minimum Gasteiger partial charge on any atom is -0.429 e. The van der Waals surface area contributed by atoms with Gasteiger partial charge in [-0.1, -0.05) is 18.9 Å². The van der Waals surface area contributed by atoms with Crippen molar-refractivity contribution >= 4 is 17.2 Å². The minimum absolute atomic E-state index is 0.252. The van der Waals surface area contributed by atoms with E-state index in [-0.39, 0.29) is 5.56 Å². The Kier molecular flexibility index (Phi) is 3.29. The fourth-order valence-corrected chi connectivity index (χ4v) is 2.04. The van der Waals surface area contributed by atoms with Crippen molar-refractivity contribution in [2.45, 2.75) is 13.3 Å². The number of terminal acetylenes is 1. The predicted octanol–water partition coefficient (Wildman–Crippen LogP) is 3.06. The van der Waals surface area contributed by atoms with Gasteiger partial charge in [0.25, 0.3) is 6.47 Å². The normalized spacial score (nSPS) is 10.1. The average molecular weight is 242 g/mol. The molecular weight excluding hydrogens is 231 g/mol. The summed E-state index contributed by atoms with van der Waals surface area (Å²) >= 11 is 0. The molecule has 2 rings (SSSR count). The molecule has 0 aliphatic carbocycles. The van der Waals surface area contributed by atoms with Gasteiger partial charge in [0.2, 0.25) is 0 Å². The summed E-state index contributed by atoms with van der Waals surface area (Å²) in [6, 6.07) is 6.32. The van der Waals surface area contributed by atoms with Crippen LogP contribution >= 0.6 is 0 Å². The smallest absolute Gasteiger partial charge is 0.298 e. The average Bonchev–Trinajstić information content (AvgIpc) is 2.38. The van der Waals surface area contributed by atoms with Gasteiger partial charge in [-0.3, -0.25) is 4.79 Å². The van der Waals surface area contributed by atoms with E-state index >= 15 is 0 Å². The number of fused-ring (bicyclic) bond motifs is 1. The van der Waals surface area contributed by atoms with Crippen LogP contribution in [0.1, 0.15) is 18.1 Å². The van der Waals surface area contributed by atoms with E-state index in [9.17, 15) is 9.18 Å². The lowest BCUT2D eigenvalue weighted by Crippen LogP contribution is -1.95. The van der Waals surface area contributed by atoms with Gasteiger partial charge in [-0.25, -0.2) is 4.39 Å². The molecule has 0 atom stereocenters. The third-order valence-electron chi connectivity index (χ3n) is 2.83. The lowest BCUT2D eigenvalue weighted by Gasteiger charge is -2.10. The molecule has 0 radical (unpaired) electrons. The standard InChI is InChI=1S/C15H11FO2/c1-3-10-7-12(18-9-17)8-11-5-6-14(16)13(4-2)15(10)11/h2,5-9H,3H2,1H3. The zero-order chi connectivity index (χ0) is 13.1. The van der Waals surface area contributed by atoms with E-state index in [1.54, 1.807) is 18.2 Å². The van der Waals surface area contributed by atoms with Crippen molar-refractivity contribution in [1.29, 1.82) is 0 Å². The Morgan fingerprint density at radius 3 is 2.83 bits per heavy atom. The topological polar surface area (TPSA) is 26.3 Å². The monoisotopic (exact) mass is 242 g/mol. The highest BCUT2D eigenvalue weighted by atomic mass is 19.1. The van der Waals surface area contributed by atoms with E-state index in [1.165, 1.54) is 6.07 Å². The van der Waals surface area contributed by atoms with Crippen molar-refractivity contribution in [3.8, 4) is 18.1 Å². The highest BCUT2D eigenvalue weighted by molar-refractivity contribution is 5.92. The zero-order valence-corrected chi connectivity index (χ0v) is 9.87. The van der Waals surface area contributed by atoms with Crippen LogP contribution in [0.4, 0.5) is 4.39 Å². The second-order valence-corrected chi connectivity index (χ2v) is 3.81. The molecule has 3 heteroatoms. The summed E-state index contributed by atoms with van der Waals surface area (Å²) in [5, 5.41) is 1.47. The molecule has 0 unspecified atom stereocenters. The third kappa shape index (κ3) is 1.93. The van der Waals surface area contributed by atoms with Crippen LogP contribution < -0.4 is 4.74 Å². The first-order chi connectivity index (χ1) is 8.71. The van der Waals surface area contributed by atoms with Crippen LogP contribution in [0.25, 0.3) is 10.8 Å². The van der Waals surface area contributed by atoms with E-state index in [1.807, 2.05) is 6.92 Å². The molecule has 0 amide bonds. The SMILES string of the molecule is C#Cc1c(F)ccc2cc(OC=O)cc(CC)c12. The van der Waals surface area contributed by atoms with Crippen molar-refractivity contribution in [3.63, 3.8) is 0 Å². The number of hydrogen-bond acceptors (Lipinski definition) is 2. The van der Waals surface area contributed by atoms with Crippen molar-refractivity contribution < 1.29 is 13.9 Å². The molecule has 0 fully saturated rings. The lowest BCUT2D eigenvalue weighted by atomic mass is 9.97. The molecule has 0 N–H and O–H groups in total. The number of carbonyl (C=O) groups excluding carboxylic acids is 1. The summed E-state index contributed by atoms with van der Waals surface area (Å²) < 4.78 is 18.5. The van der Waals surface area contributed by atoms with Crippen molar-refractivity contribution in [3.05, 3.63) is 41.2 Å². The highest BCUT2D eigenvalue weighted by Crippen LogP contribution is 2.29. The second kappa shape index (κ2) is 4.89. The molecule has 2 nitrogen and oxygen atoms in total. The van der Waals surface area contributed by atoms with Gasteiger partial charge in [-0.2, -0.15) is 0 Å². The van der Waals surface area contributed by atoms with Gasteiger partial charge in [0, 0.05) is 5.39 Å². The van der Waals surface area contributed by atoms with Gasteiger partial charge >= 0.3 is 0 Å². The lowest BCUT2D eigenvalue weighted by molar-refractivity contribution is -0.120. The van der Waals surface area contributed by atoms with E-state index in [0.29, 0.717) is 24.0 Å². The fraction of sp³-hybridized carbons (Fsp3) is 0.133. The molecular formula is C15H11FO2. The van der Waals surface area contributed by atoms with Crippen molar-refractivity contribution in [1.82, 2.24) is 0 Å². The molecule has 0 bridgehead atoms. The molecule has 2 aromatic rings. The summed E-state index contributed by atoms with van der Waals surface area (Å²) in [6.45, 7) is 2.30. The Morgan fingerprint density at radius 1 is 1.44 bits per heavy atom. The van der Waals surface area contributed by atoms with E-state index in [0.717, 1.165) is 10.9 Å². The Morgan fingerprint density at radius 2 is 2.22 bits per heavy atom. The summed E-state index contributed by atoms with van der Waals surface area (Å²) in [4.78, 5) is 10.4. The Bertz CT molecular complexity index is 654. The largest absolute Gasteiger partial charge is 0.429 e. The van der Waals surface area contributed by atoms with Gasteiger partial charge in [-0.15, -0.1) is 6.42 Å². The second-order valence-electron chi connectivity index (χ2n) is 3.81. The number of carbonyl (C=O) groups is 1. The zero-order valence-electron chi connectivity index (χ0n) is 9.87. The van der Waals surface area contributed by atoms with Gasteiger partial charge in [-0.05, 0) is 35.6 Å². The van der Waals surface area contributed by atoms with Crippen molar-refractivity contribution in [2.24, 2.45) is 0 Å². The number of aryl methyl sites for hydroxylation is 1. The quantitative estimate of drug-likeness (QED) is 0.610. The maximum absolute atomic E-state index is 13.7. The van der Waals surface area contributed by atoms with Gasteiger partial charge in [0.05, 0.1) is 5.56 Å².